The maximum Gasteiger partial charge on any atom is 0.119 e. The second-order valence-corrected chi connectivity index (χ2v) is 3.78. The molecule has 0 aromatic carbocycles. The van der Waals surface area contributed by atoms with Gasteiger partial charge in [-0.25, -0.2) is 0 Å². The SMILES string of the molecule is CCCCCCCCCCCC=O.[Ti]. The van der Waals surface area contributed by atoms with E-state index in [9.17, 15) is 4.79 Å². The number of aldehydes is 1. The molecular formula is C12H24OTi. The molecule has 0 N–H and O–H groups in total. The summed E-state index contributed by atoms with van der Waals surface area (Å²) in [6, 6.07) is 0. The van der Waals surface area contributed by atoms with Crippen molar-refractivity contribution in [3.05, 3.63) is 0 Å². The molecule has 2 heteroatoms. The van der Waals surface area contributed by atoms with Crippen molar-refractivity contribution in [1.82, 2.24) is 0 Å². The van der Waals surface area contributed by atoms with E-state index in [0.717, 1.165) is 19.1 Å². The fourth-order valence-electron chi connectivity index (χ4n) is 1.54. The molecule has 14 heavy (non-hydrogen) atoms. The number of rotatable bonds is 10. The topological polar surface area (TPSA) is 17.1 Å². The van der Waals surface area contributed by atoms with Gasteiger partial charge < -0.3 is 4.79 Å². The van der Waals surface area contributed by atoms with Gasteiger partial charge in [0, 0.05) is 28.1 Å². The van der Waals surface area contributed by atoms with E-state index in [0.29, 0.717) is 0 Å². The van der Waals surface area contributed by atoms with Crippen LogP contribution in [-0.2, 0) is 26.5 Å². The van der Waals surface area contributed by atoms with Crippen LogP contribution in [0.15, 0.2) is 0 Å². The van der Waals surface area contributed by atoms with E-state index < -0.39 is 0 Å². The van der Waals surface area contributed by atoms with E-state index in [2.05, 4.69) is 6.92 Å². The quantitative estimate of drug-likeness (QED) is 0.315. The van der Waals surface area contributed by atoms with Crippen molar-refractivity contribution in [3.63, 3.8) is 0 Å². The van der Waals surface area contributed by atoms with E-state index in [1.165, 1.54) is 51.4 Å². The maximum absolute atomic E-state index is 10.0. The summed E-state index contributed by atoms with van der Waals surface area (Å²) in [7, 11) is 0. The zero-order valence-electron chi connectivity index (χ0n) is 9.56. The van der Waals surface area contributed by atoms with Crippen LogP contribution >= 0.6 is 0 Å². The monoisotopic (exact) mass is 232 g/mol. The first-order valence-electron chi connectivity index (χ1n) is 5.85. The van der Waals surface area contributed by atoms with Gasteiger partial charge in [0.05, 0.1) is 0 Å². The Hall–Kier alpha value is 0.384. The van der Waals surface area contributed by atoms with Crippen molar-refractivity contribution < 1.29 is 26.5 Å². The molecule has 0 heterocycles. The molecule has 1 nitrogen and oxygen atoms in total. The van der Waals surface area contributed by atoms with Gasteiger partial charge in [-0.3, -0.25) is 0 Å². The van der Waals surface area contributed by atoms with E-state index >= 15 is 0 Å². The van der Waals surface area contributed by atoms with Gasteiger partial charge in [0.25, 0.3) is 0 Å². The molecule has 0 aromatic rings. The van der Waals surface area contributed by atoms with Crippen molar-refractivity contribution in [1.29, 1.82) is 0 Å². The summed E-state index contributed by atoms with van der Waals surface area (Å²) >= 11 is 0. The summed E-state index contributed by atoms with van der Waals surface area (Å²) < 4.78 is 0. The molecule has 0 aliphatic rings. The first-order chi connectivity index (χ1) is 6.41. The number of carbonyl (C=O) groups excluding carboxylic acids is 1. The van der Waals surface area contributed by atoms with Crippen LogP contribution in [0, 0.1) is 0 Å². The Morgan fingerprint density at radius 2 is 1.21 bits per heavy atom. The first kappa shape index (κ1) is 16.8. The minimum Gasteiger partial charge on any atom is -0.303 e. The smallest absolute Gasteiger partial charge is 0.119 e. The Morgan fingerprint density at radius 1 is 0.786 bits per heavy atom. The van der Waals surface area contributed by atoms with Crippen LogP contribution in [0.5, 0.6) is 0 Å². The van der Waals surface area contributed by atoms with Crippen LogP contribution in [0.25, 0.3) is 0 Å². The Morgan fingerprint density at radius 3 is 1.64 bits per heavy atom. The molecule has 0 rings (SSSR count). The third-order valence-corrected chi connectivity index (χ3v) is 2.43. The Labute approximate surface area is 104 Å². The first-order valence-corrected chi connectivity index (χ1v) is 5.85. The molecule has 0 radical (unpaired) electrons. The minimum atomic E-state index is 0. The molecule has 0 unspecified atom stereocenters. The molecule has 0 fully saturated rings. The molecule has 0 aliphatic heterocycles. The molecule has 0 aromatic heterocycles. The van der Waals surface area contributed by atoms with Crippen molar-refractivity contribution in [2.24, 2.45) is 0 Å². The summed E-state index contributed by atoms with van der Waals surface area (Å²) in [5.74, 6) is 0. The third kappa shape index (κ3) is 14.9. The zero-order valence-corrected chi connectivity index (χ0v) is 11.1. The molecule has 0 atom stereocenters. The third-order valence-electron chi connectivity index (χ3n) is 2.43. The minimum absolute atomic E-state index is 0. The standard InChI is InChI=1S/C12H24O.Ti/c1-2-3-4-5-6-7-8-9-10-11-12-13;/h12H,2-11H2,1H3;. The van der Waals surface area contributed by atoms with E-state index in [1.54, 1.807) is 0 Å². The van der Waals surface area contributed by atoms with Gasteiger partial charge in [-0.1, -0.05) is 58.3 Å². The van der Waals surface area contributed by atoms with Gasteiger partial charge in [-0.15, -0.1) is 0 Å². The van der Waals surface area contributed by atoms with Crippen molar-refractivity contribution in [3.8, 4) is 0 Å². The summed E-state index contributed by atoms with van der Waals surface area (Å²) in [6.07, 6.45) is 13.7. The van der Waals surface area contributed by atoms with E-state index in [-0.39, 0.29) is 21.7 Å². The Balaban J connectivity index is 0. The van der Waals surface area contributed by atoms with Crippen molar-refractivity contribution in [2.75, 3.05) is 0 Å². The number of carbonyl (C=O) groups is 1. The second kappa shape index (κ2) is 15.8. The van der Waals surface area contributed by atoms with Crippen molar-refractivity contribution >= 4 is 6.29 Å². The van der Waals surface area contributed by atoms with Gasteiger partial charge in [0.15, 0.2) is 0 Å². The molecular weight excluding hydrogens is 208 g/mol. The van der Waals surface area contributed by atoms with E-state index in [1.807, 2.05) is 0 Å². The van der Waals surface area contributed by atoms with Gasteiger partial charge in [0.2, 0.25) is 0 Å². The summed E-state index contributed by atoms with van der Waals surface area (Å²) in [6.45, 7) is 2.25. The molecule has 0 amide bonds. The fraction of sp³-hybridized carbons (Fsp3) is 0.917. The molecule has 0 spiro atoms. The van der Waals surface area contributed by atoms with Crippen LogP contribution in [-0.4, -0.2) is 6.29 Å². The van der Waals surface area contributed by atoms with Crippen LogP contribution in [0.3, 0.4) is 0 Å². The average molecular weight is 232 g/mol. The van der Waals surface area contributed by atoms with Gasteiger partial charge in [0.1, 0.15) is 6.29 Å². The number of hydrogen-bond acceptors (Lipinski definition) is 1. The largest absolute Gasteiger partial charge is 0.303 e. The predicted molar refractivity (Wildman–Crippen MR) is 57.9 cm³/mol. The Bertz CT molecular complexity index is 104. The van der Waals surface area contributed by atoms with Gasteiger partial charge in [-0.2, -0.15) is 0 Å². The van der Waals surface area contributed by atoms with Crippen molar-refractivity contribution in [2.45, 2.75) is 71.1 Å². The summed E-state index contributed by atoms with van der Waals surface area (Å²) in [5, 5.41) is 0. The average Bonchev–Trinajstić information content (AvgIpc) is 2.16. The van der Waals surface area contributed by atoms with Crippen LogP contribution in [0.4, 0.5) is 0 Å². The summed E-state index contributed by atoms with van der Waals surface area (Å²) in [5.41, 5.74) is 0. The number of hydrogen-bond donors (Lipinski definition) is 0. The Kier molecular flexibility index (Phi) is 19.0. The van der Waals surface area contributed by atoms with Gasteiger partial charge in [-0.05, 0) is 6.42 Å². The van der Waals surface area contributed by atoms with Gasteiger partial charge >= 0.3 is 0 Å². The van der Waals surface area contributed by atoms with Crippen LogP contribution < -0.4 is 0 Å². The molecule has 82 valence electrons. The molecule has 0 aliphatic carbocycles. The summed E-state index contributed by atoms with van der Waals surface area (Å²) in [4.78, 5) is 10.0. The molecule has 0 bridgehead atoms. The van der Waals surface area contributed by atoms with Crippen LogP contribution in [0.2, 0.25) is 0 Å². The molecule has 0 saturated heterocycles. The zero-order chi connectivity index (χ0) is 9.78. The predicted octanol–water partition coefficient (Wildman–Crippen LogP) is 4.10. The van der Waals surface area contributed by atoms with E-state index in [4.69, 9.17) is 0 Å². The fourth-order valence-corrected chi connectivity index (χ4v) is 1.54. The molecule has 0 saturated carbocycles. The van der Waals surface area contributed by atoms with Crippen LogP contribution in [0.1, 0.15) is 71.1 Å². The second-order valence-electron chi connectivity index (χ2n) is 3.78. The normalized spacial score (nSPS) is 9.50. The number of unbranched alkanes of at least 4 members (excludes halogenated alkanes) is 9. The maximum atomic E-state index is 10.0.